The lowest BCUT2D eigenvalue weighted by atomic mass is 9.81. The van der Waals surface area contributed by atoms with Gasteiger partial charge in [-0.1, -0.05) is 19.8 Å². The van der Waals surface area contributed by atoms with E-state index in [1.807, 2.05) is 4.68 Å². The Morgan fingerprint density at radius 3 is 2.50 bits per heavy atom. The second kappa shape index (κ2) is 4.92. The average Bonchev–Trinajstić information content (AvgIpc) is 2.94. The van der Waals surface area contributed by atoms with Gasteiger partial charge in [-0.25, -0.2) is 0 Å². The Kier molecular flexibility index (Phi) is 3.66. The third-order valence-corrected chi connectivity index (χ3v) is 4.17. The number of ether oxygens (including phenoxy) is 1. The lowest BCUT2D eigenvalue weighted by Gasteiger charge is -2.31. The molecule has 1 aromatic rings. The largest absolute Gasteiger partial charge is 0.493 e. The predicted octanol–water partition coefficient (Wildman–Crippen LogP) is 3.09. The summed E-state index contributed by atoms with van der Waals surface area (Å²) in [6.07, 6.45) is 5.75. The zero-order valence-electron chi connectivity index (χ0n) is 11.8. The third-order valence-electron chi connectivity index (χ3n) is 4.17. The maximum Gasteiger partial charge on any atom is 0.162 e. The number of hydrogen-bond donors (Lipinski definition) is 1. The van der Waals surface area contributed by atoms with Gasteiger partial charge in [0.05, 0.1) is 13.3 Å². The van der Waals surface area contributed by atoms with Crippen LogP contribution in [-0.2, 0) is 0 Å². The van der Waals surface area contributed by atoms with Gasteiger partial charge in [0, 0.05) is 6.04 Å². The SMILES string of the molecule is COc1cnn(C(C)C)c1C(O)C1(C)CCCC1. The molecule has 1 aliphatic carbocycles. The Morgan fingerprint density at radius 1 is 1.39 bits per heavy atom. The molecular weight excluding hydrogens is 228 g/mol. The van der Waals surface area contributed by atoms with Crippen molar-refractivity contribution in [3.8, 4) is 5.75 Å². The number of nitrogens with zero attached hydrogens (tertiary/aromatic N) is 2. The molecule has 102 valence electrons. The van der Waals surface area contributed by atoms with Crippen LogP contribution in [0.25, 0.3) is 0 Å². The number of aromatic nitrogens is 2. The number of aliphatic hydroxyl groups excluding tert-OH is 1. The Bertz CT molecular complexity index is 406. The van der Waals surface area contributed by atoms with E-state index < -0.39 is 6.10 Å². The summed E-state index contributed by atoms with van der Waals surface area (Å²) in [5.74, 6) is 0.698. The molecule has 0 spiro atoms. The van der Waals surface area contributed by atoms with E-state index >= 15 is 0 Å². The molecule has 0 bridgehead atoms. The van der Waals surface area contributed by atoms with Crippen LogP contribution >= 0.6 is 0 Å². The average molecular weight is 252 g/mol. The van der Waals surface area contributed by atoms with E-state index in [0.29, 0.717) is 5.75 Å². The van der Waals surface area contributed by atoms with Gasteiger partial charge in [-0.05, 0) is 32.1 Å². The Labute approximate surface area is 109 Å². The van der Waals surface area contributed by atoms with Crippen molar-refractivity contribution in [2.24, 2.45) is 5.41 Å². The third kappa shape index (κ3) is 2.14. The Balaban J connectivity index is 2.39. The van der Waals surface area contributed by atoms with Gasteiger partial charge >= 0.3 is 0 Å². The maximum absolute atomic E-state index is 10.8. The molecular formula is C14H24N2O2. The van der Waals surface area contributed by atoms with Crippen molar-refractivity contribution < 1.29 is 9.84 Å². The van der Waals surface area contributed by atoms with Gasteiger partial charge < -0.3 is 9.84 Å². The van der Waals surface area contributed by atoms with Crippen LogP contribution in [0.15, 0.2) is 6.20 Å². The molecule has 0 aromatic carbocycles. The van der Waals surface area contributed by atoms with Crippen LogP contribution in [0.1, 0.15) is 64.3 Å². The van der Waals surface area contributed by atoms with E-state index in [0.717, 1.165) is 18.5 Å². The lowest BCUT2D eigenvalue weighted by Crippen LogP contribution is -2.25. The highest BCUT2D eigenvalue weighted by atomic mass is 16.5. The predicted molar refractivity (Wildman–Crippen MR) is 70.7 cm³/mol. The van der Waals surface area contributed by atoms with E-state index in [9.17, 15) is 5.11 Å². The Hall–Kier alpha value is -1.03. The van der Waals surface area contributed by atoms with Crippen molar-refractivity contribution in [2.45, 2.75) is 58.6 Å². The molecule has 4 nitrogen and oxygen atoms in total. The molecule has 0 aliphatic heterocycles. The first kappa shape index (κ1) is 13.4. The number of aliphatic hydroxyl groups is 1. The summed E-state index contributed by atoms with van der Waals surface area (Å²) in [5.41, 5.74) is 0.789. The molecule has 1 N–H and O–H groups in total. The highest BCUT2D eigenvalue weighted by Crippen LogP contribution is 2.49. The minimum atomic E-state index is -0.500. The zero-order valence-corrected chi connectivity index (χ0v) is 11.8. The zero-order chi connectivity index (χ0) is 13.3. The molecule has 18 heavy (non-hydrogen) atoms. The second-order valence-electron chi connectivity index (χ2n) is 5.90. The van der Waals surface area contributed by atoms with Gasteiger partial charge in [0.15, 0.2) is 5.75 Å². The van der Waals surface area contributed by atoms with Gasteiger partial charge in [0.2, 0.25) is 0 Å². The topological polar surface area (TPSA) is 47.3 Å². The lowest BCUT2D eigenvalue weighted by molar-refractivity contribution is 0.0306. The van der Waals surface area contributed by atoms with Gasteiger partial charge in [0.1, 0.15) is 11.8 Å². The van der Waals surface area contributed by atoms with Crippen LogP contribution < -0.4 is 4.74 Å². The smallest absolute Gasteiger partial charge is 0.162 e. The number of methoxy groups -OCH3 is 1. The van der Waals surface area contributed by atoms with Gasteiger partial charge in [-0.3, -0.25) is 4.68 Å². The second-order valence-corrected chi connectivity index (χ2v) is 5.90. The van der Waals surface area contributed by atoms with E-state index in [2.05, 4.69) is 25.9 Å². The van der Waals surface area contributed by atoms with Crippen molar-refractivity contribution in [3.05, 3.63) is 11.9 Å². The highest BCUT2D eigenvalue weighted by Gasteiger charge is 2.40. The summed E-state index contributed by atoms with van der Waals surface area (Å²) in [5, 5.41) is 15.1. The first-order valence-electron chi connectivity index (χ1n) is 6.79. The van der Waals surface area contributed by atoms with Crippen LogP contribution in [0.5, 0.6) is 5.75 Å². The molecule has 0 amide bonds. The standard InChI is InChI=1S/C14H24N2O2/c1-10(2)16-12(11(18-4)9-15-16)13(17)14(3)7-5-6-8-14/h9-10,13,17H,5-8H2,1-4H3. The Morgan fingerprint density at radius 2 is 2.00 bits per heavy atom. The monoisotopic (exact) mass is 252 g/mol. The van der Waals surface area contributed by atoms with E-state index in [4.69, 9.17) is 4.74 Å². The first-order chi connectivity index (χ1) is 8.49. The van der Waals surface area contributed by atoms with Crippen molar-refractivity contribution in [1.29, 1.82) is 0 Å². The van der Waals surface area contributed by atoms with E-state index in [1.54, 1.807) is 13.3 Å². The normalized spacial score (nSPS) is 20.3. The van der Waals surface area contributed by atoms with E-state index in [-0.39, 0.29) is 11.5 Å². The highest BCUT2D eigenvalue weighted by molar-refractivity contribution is 5.29. The minimum absolute atomic E-state index is 0.0417. The first-order valence-corrected chi connectivity index (χ1v) is 6.79. The molecule has 0 radical (unpaired) electrons. The molecule has 1 saturated carbocycles. The summed E-state index contributed by atoms with van der Waals surface area (Å²) in [4.78, 5) is 0. The quantitative estimate of drug-likeness (QED) is 0.895. The molecule has 1 fully saturated rings. The molecule has 1 unspecified atom stereocenters. The fraction of sp³-hybridized carbons (Fsp3) is 0.786. The fourth-order valence-electron chi connectivity index (χ4n) is 2.97. The number of rotatable bonds is 4. The van der Waals surface area contributed by atoms with Crippen LogP contribution in [0.2, 0.25) is 0 Å². The molecule has 2 rings (SSSR count). The fourth-order valence-corrected chi connectivity index (χ4v) is 2.97. The van der Waals surface area contributed by atoms with Crippen LogP contribution in [0.3, 0.4) is 0 Å². The van der Waals surface area contributed by atoms with Crippen molar-refractivity contribution >= 4 is 0 Å². The molecule has 1 aliphatic rings. The number of hydrogen-bond acceptors (Lipinski definition) is 3. The van der Waals surface area contributed by atoms with Gasteiger partial charge in [0.25, 0.3) is 0 Å². The maximum atomic E-state index is 10.8. The summed E-state index contributed by atoms with van der Waals surface area (Å²) in [6.45, 7) is 6.31. The summed E-state index contributed by atoms with van der Waals surface area (Å²) in [6, 6.07) is 0.226. The summed E-state index contributed by atoms with van der Waals surface area (Å²) < 4.78 is 7.24. The van der Waals surface area contributed by atoms with Crippen molar-refractivity contribution in [2.75, 3.05) is 7.11 Å². The minimum Gasteiger partial charge on any atom is -0.493 e. The van der Waals surface area contributed by atoms with Crippen LogP contribution in [0, 0.1) is 5.41 Å². The van der Waals surface area contributed by atoms with Crippen molar-refractivity contribution in [3.63, 3.8) is 0 Å². The summed E-state index contributed by atoms with van der Waals surface area (Å²) >= 11 is 0. The summed E-state index contributed by atoms with van der Waals surface area (Å²) in [7, 11) is 1.63. The van der Waals surface area contributed by atoms with E-state index in [1.165, 1.54) is 12.8 Å². The molecule has 0 saturated heterocycles. The van der Waals surface area contributed by atoms with Crippen LogP contribution in [-0.4, -0.2) is 22.0 Å². The molecule has 1 heterocycles. The molecule has 1 aromatic heterocycles. The van der Waals surface area contributed by atoms with Gasteiger partial charge in [-0.15, -0.1) is 0 Å². The molecule has 4 heteroatoms. The van der Waals surface area contributed by atoms with Crippen molar-refractivity contribution in [1.82, 2.24) is 9.78 Å². The molecule has 1 atom stereocenters. The van der Waals surface area contributed by atoms with Crippen LogP contribution in [0.4, 0.5) is 0 Å². The van der Waals surface area contributed by atoms with Gasteiger partial charge in [-0.2, -0.15) is 5.10 Å².